The van der Waals surface area contributed by atoms with Gasteiger partial charge in [-0.1, -0.05) is 37.3 Å². The van der Waals surface area contributed by atoms with E-state index in [-0.39, 0.29) is 24.4 Å². The monoisotopic (exact) mass is 469 g/mol. The molecule has 0 heterocycles. The van der Waals surface area contributed by atoms with Gasteiger partial charge in [-0.05, 0) is 72.1 Å². The summed E-state index contributed by atoms with van der Waals surface area (Å²) < 4.78 is 5.25. The van der Waals surface area contributed by atoms with Crippen LogP contribution >= 0.6 is 0 Å². The predicted octanol–water partition coefficient (Wildman–Crippen LogP) is 4.31. The average molecular weight is 470 g/mol. The quantitative estimate of drug-likeness (QED) is 0.608. The van der Waals surface area contributed by atoms with Crippen LogP contribution in [0.15, 0.2) is 24.3 Å². The fraction of sp³-hybridized carbons (Fsp3) is 0.593. The topological polar surface area (TPSA) is 87.7 Å². The van der Waals surface area contributed by atoms with Crippen LogP contribution in [0.3, 0.4) is 0 Å². The van der Waals surface area contributed by atoms with E-state index in [9.17, 15) is 14.4 Å². The van der Waals surface area contributed by atoms with E-state index in [1.807, 2.05) is 20.8 Å². The Morgan fingerprint density at radius 1 is 1.06 bits per heavy atom. The summed E-state index contributed by atoms with van der Waals surface area (Å²) in [5, 5.41) is 5.69. The largest absolute Gasteiger partial charge is 0.444 e. The van der Waals surface area contributed by atoms with Crippen LogP contribution in [0, 0.1) is 12.3 Å². The van der Waals surface area contributed by atoms with Gasteiger partial charge >= 0.3 is 6.09 Å². The lowest BCUT2D eigenvalue weighted by atomic mass is 9.93. The third-order valence-corrected chi connectivity index (χ3v) is 5.63. The second-order valence-corrected chi connectivity index (χ2v) is 10.8. The molecule has 1 atom stereocenters. The molecule has 7 nitrogen and oxygen atoms in total. The van der Waals surface area contributed by atoms with Crippen LogP contribution in [0.4, 0.5) is 4.79 Å². The lowest BCUT2D eigenvalue weighted by Gasteiger charge is -2.42. The summed E-state index contributed by atoms with van der Waals surface area (Å²) in [5.41, 5.74) is -0.0346. The van der Waals surface area contributed by atoms with Gasteiger partial charge in [-0.15, -0.1) is 6.42 Å². The van der Waals surface area contributed by atoms with Gasteiger partial charge in [0.15, 0.2) is 0 Å². The highest BCUT2D eigenvalue weighted by Crippen LogP contribution is 2.30. The Morgan fingerprint density at radius 3 is 2.15 bits per heavy atom. The molecule has 0 aliphatic heterocycles. The molecule has 1 aliphatic carbocycles. The number of hydrogen-bond acceptors (Lipinski definition) is 4. The molecule has 2 rings (SSSR count). The number of terminal acetylenes is 1. The summed E-state index contributed by atoms with van der Waals surface area (Å²) in [5.74, 6) is 1.96. The maximum atomic E-state index is 13.6. The smallest absolute Gasteiger partial charge is 0.408 e. The zero-order chi connectivity index (χ0) is 25.5. The van der Waals surface area contributed by atoms with Gasteiger partial charge in [-0.2, -0.15) is 0 Å². The number of rotatable bonds is 6. The van der Waals surface area contributed by atoms with Crippen molar-refractivity contribution in [2.45, 2.75) is 96.9 Å². The SMILES string of the molecule is C#Cc1ccc(C(C(=O)NC2CCCCC2)N(C(=O)CNC(=O)OC(C)(C)C)C(C)(C)C)cc1. The average Bonchev–Trinajstić information content (AvgIpc) is 2.74. The molecule has 0 saturated heterocycles. The molecule has 1 aliphatic rings. The molecule has 1 aromatic rings. The molecule has 0 bridgehead atoms. The van der Waals surface area contributed by atoms with Crippen molar-refractivity contribution in [1.29, 1.82) is 0 Å². The summed E-state index contributed by atoms with van der Waals surface area (Å²) >= 11 is 0. The van der Waals surface area contributed by atoms with Gasteiger partial charge in [0.05, 0.1) is 0 Å². The van der Waals surface area contributed by atoms with Crippen molar-refractivity contribution in [2.24, 2.45) is 0 Å². The fourth-order valence-electron chi connectivity index (χ4n) is 4.16. The van der Waals surface area contributed by atoms with E-state index in [0.717, 1.165) is 25.7 Å². The first-order valence-electron chi connectivity index (χ1n) is 12.0. The highest BCUT2D eigenvalue weighted by molar-refractivity contribution is 5.91. The molecule has 0 radical (unpaired) electrons. The van der Waals surface area contributed by atoms with E-state index in [4.69, 9.17) is 11.2 Å². The summed E-state index contributed by atoms with van der Waals surface area (Å²) in [6, 6.07) is 6.31. The Bertz CT molecular complexity index is 898. The maximum Gasteiger partial charge on any atom is 0.408 e. The number of carbonyl (C=O) groups is 3. The lowest BCUT2D eigenvalue weighted by molar-refractivity contribution is -0.146. The minimum Gasteiger partial charge on any atom is -0.444 e. The summed E-state index contributed by atoms with van der Waals surface area (Å²) in [6.07, 6.45) is 10.0. The first-order valence-corrected chi connectivity index (χ1v) is 12.0. The number of nitrogens with zero attached hydrogens (tertiary/aromatic N) is 1. The molecule has 0 spiro atoms. The van der Waals surface area contributed by atoms with Crippen LogP contribution in [0.5, 0.6) is 0 Å². The van der Waals surface area contributed by atoms with Gasteiger partial charge < -0.3 is 20.3 Å². The van der Waals surface area contributed by atoms with Crippen molar-refractivity contribution in [3.05, 3.63) is 35.4 Å². The van der Waals surface area contributed by atoms with Gasteiger partial charge in [-0.3, -0.25) is 9.59 Å². The molecular weight excluding hydrogens is 430 g/mol. The second-order valence-electron chi connectivity index (χ2n) is 10.8. The third-order valence-electron chi connectivity index (χ3n) is 5.63. The number of nitrogens with one attached hydrogen (secondary N) is 2. The number of ether oxygens (including phenoxy) is 1. The normalized spacial score (nSPS) is 15.6. The molecule has 3 amide bonds. The zero-order valence-corrected chi connectivity index (χ0v) is 21.4. The van der Waals surface area contributed by atoms with Crippen LogP contribution in [0.2, 0.25) is 0 Å². The second kappa shape index (κ2) is 11.4. The highest BCUT2D eigenvalue weighted by Gasteiger charge is 2.39. The first-order chi connectivity index (χ1) is 15.8. The minimum atomic E-state index is -0.873. The van der Waals surface area contributed by atoms with E-state index in [1.54, 1.807) is 45.0 Å². The molecule has 1 aromatic carbocycles. The molecule has 1 unspecified atom stereocenters. The van der Waals surface area contributed by atoms with Crippen LogP contribution in [0.25, 0.3) is 0 Å². The van der Waals surface area contributed by atoms with Crippen LogP contribution < -0.4 is 10.6 Å². The summed E-state index contributed by atoms with van der Waals surface area (Å²) in [4.78, 5) is 40.7. The van der Waals surface area contributed by atoms with Crippen LogP contribution in [-0.2, 0) is 14.3 Å². The van der Waals surface area contributed by atoms with Crippen molar-refractivity contribution >= 4 is 17.9 Å². The van der Waals surface area contributed by atoms with Gasteiger partial charge in [0.2, 0.25) is 11.8 Å². The molecule has 0 aromatic heterocycles. The van der Waals surface area contributed by atoms with Gasteiger partial charge in [0.1, 0.15) is 18.2 Å². The van der Waals surface area contributed by atoms with Crippen molar-refractivity contribution in [1.82, 2.24) is 15.5 Å². The molecule has 2 N–H and O–H groups in total. The minimum absolute atomic E-state index is 0.0885. The van der Waals surface area contributed by atoms with Gasteiger partial charge in [-0.25, -0.2) is 4.79 Å². The number of hydrogen-bond donors (Lipinski definition) is 2. The van der Waals surface area contributed by atoms with E-state index in [2.05, 4.69) is 16.6 Å². The summed E-state index contributed by atoms with van der Waals surface area (Å²) in [6.45, 7) is 10.6. The lowest BCUT2D eigenvalue weighted by Crippen LogP contribution is -2.56. The Morgan fingerprint density at radius 2 is 1.65 bits per heavy atom. The van der Waals surface area contributed by atoms with Gasteiger partial charge in [0.25, 0.3) is 0 Å². The van der Waals surface area contributed by atoms with E-state index < -0.39 is 23.3 Å². The van der Waals surface area contributed by atoms with E-state index in [1.165, 1.54) is 11.3 Å². The Balaban J connectivity index is 2.34. The van der Waals surface area contributed by atoms with Crippen molar-refractivity contribution in [3.63, 3.8) is 0 Å². The van der Waals surface area contributed by atoms with E-state index in [0.29, 0.717) is 11.1 Å². The molecule has 1 fully saturated rings. The number of carbonyl (C=O) groups excluding carboxylic acids is 3. The number of amides is 3. The third kappa shape index (κ3) is 8.09. The van der Waals surface area contributed by atoms with Crippen molar-refractivity contribution in [3.8, 4) is 12.3 Å². The van der Waals surface area contributed by atoms with Crippen LogP contribution in [0.1, 0.15) is 90.8 Å². The predicted molar refractivity (Wildman–Crippen MR) is 133 cm³/mol. The zero-order valence-electron chi connectivity index (χ0n) is 21.4. The fourth-order valence-corrected chi connectivity index (χ4v) is 4.16. The Labute approximate surface area is 204 Å². The van der Waals surface area contributed by atoms with Crippen LogP contribution in [-0.4, -0.2) is 46.5 Å². The van der Waals surface area contributed by atoms with Crippen molar-refractivity contribution < 1.29 is 19.1 Å². The Kier molecular flexibility index (Phi) is 9.14. The molecule has 7 heteroatoms. The first kappa shape index (κ1) is 27.2. The number of benzene rings is 1. The number of alkyl carbamates (subject to hydrolysis) is 1. The molecule has 34 heavy (non-hydrogen) atoms. The Hall–Kier alpha value is -3.01. The van der Waals surface area contributed by atoms with E-state index >= 15 is 0 Å². The maximum absolute atomic E-state index is 13.6. The standard InChI is InChI=1S/C27H39N3O4/c1-8-19-14-16-20(17-15-19)23(24(32)29-21-12-10-9-11-13-21)30(26(2,3)4)22(31)18-28-25(33)34-27(5,6)7/h1,14-17,21,23H,9-13,18H2,2-7H3,(H,28,33)(H,29,32). The van der Waals surface area contributed by atoms with Gasteiger partial charge in [0, 0.05) is 17.1 Å². The molecule has 1 saturated carbocycles. The molecule has 186 valence electrons. The van der Waals surface area contributed by atoms with Crippen molar-refractivity contribution in [2.75, 3.05) is 6.54 Å². The molecular formula is C27H39N3O4. The highest BCUT2D eigenvalue weighted by atomic mass is 16.6. The summed E-state index contributed by atoms with van der Waals surface area (Å²) in [7, 11) is 0.